The van der Waals surface area contributed by atoms with E-state index in [1.54, 1.807) is 7.11 Å². The lowest BCUT2D eigenvalue weighted by Crippen LogP contribution is -2.26. The summed E-state index contributed by atoms with van der Waals surface area (Å²) in [6.45, 7) is 8.91. The molecule has 1 aromatic carbocycles. The van der Waals surface area contributed by atoms with Crippen LogP contribution in [0.3, 0.4) is 0 Å². The quantitative estimate of drug-likeness (QED) is 0.669. The van der Waals surface area contributed by atoms with Crippen LogP contribution in [0.25, 0.3) is 0 Å². The summed E-state index contributed by atoms with van der Waals surface area (Å²) < 4.78 is 16.4. The first-order valence-corrected chi connectivity index (χ1v) is 7.24. The Hall–Kier alpha value is -1.10. The summed E-state index contributed by atoms with van der Waals surface area (Å²) >= 11 is 0. The molecule has 0 heterocycles. The first-order valence-electron chi connectivity index (χ1n) is 7.24. The summed E-state index contributed by atoms with van der Waals surface area (Å²) in [5.74, 6) is 0.900. The lowest BCUT2D eigenvalue weighted by Gasteiger charge is -2.20. The Balaban J connectivity index is 2.64. The van der Waals surface area contributed by atoms with Gasteiger partial charge in [0.1, 0.15) is 5.75 Å². The molecule has 0 aliphatic rings. The first kappa shape index (κ1) is 17.0. The van der Waals surface area contributed by atoms with E-state index >= 15 is 0 Å². The van der Waals surface area contributed by atoms with Crippen molar-refractivity contribution in [1.29, 1.82) is 0 Å². The lowest BCUT2D eigenvalue weighted by molar-refractivity contribution is 0.0587. The predicted octanol–water partition coefficient (Wildman–Crippen LogP) is 2.79. The minimum absolute atomic E-state index is 0.174. The highest BCUT2D eigenvalue weighted by molar-refractivity contribution is 5.30. The van der Waals surface area contributed by atoms with Crippen LogP contribution >= 0.6 is 0 Å². The highest BCUT2D eigenvalue weighted by Gasteiger charge is 2.11. The number of hydrogen-bond donors (Lipinski definition) is 1. The van der Waals surface area contributed by atoms with E-state index in [0.29, 0.717) is 19.8 Å². The molecule has 0 aliphatic heterocycles. The van der Waals surface area contributed by atoms with E-state index < -0.39 is 0 Å². The minimum atomic E-state index is 0.174. The lowest BCUT2D eigenvalue weighted by atomic mass is 10.1. The van der Waals surface area contributed by atoms with E-state index in [9.17, 15) is 0 Å². The molecule has 0 bridgehead atoms. The second kappa shape index (κ2) is 9.75. The molecule has 114 valence electrons. The van der Waals surface area contributed by atoms with Gasteiger partial charge in [0, 0.05) is 7.11 Å². The first-order chi connectivity index (χ1) is 9.67. The van der Waals surface area contributed by atoms with Gasteiger partial charge in [0.2, 0.25) is 0 Å². The van der Waals surface area contributed by atoms with Gasteiger partial charge >= 0.3 is 0 Å². The summed E-state index contributed by atoms with van der Waals surface area (Å²) in [5, 5.41) is 3.43. The molecule has 20 heavy (non-hydrogen) atoms. The fourth-order valence-electron chi connectivity index (χ4n) is 1.94. The maximum atomic E-state index is 5.74. The highest BCUT2D eigenvalue weighted by atomic mass is 16.5. The Morgan fingerprint density at radius 1 is 1.20 bits per heavy atom. The molecule has 1 aromatic rings. The molecule has 4 nitrogen and oxygen atoms in total. The van der Waals surface area contributed by atoms with Crippen molar-refractivity contribution in [3.05, 3.63) is 29.8 Å². The van der Waals surface area contributed by atoms with Gasteiger partial charge in [-0.2, -0.15) is 0 Å². The van der Waals surface area contributed by atoms with Crippen molar-refractivity contribution < 1.29 is 14.2 Å². The molecular weight excluding hydrogens is 254 g/mol. The van der Waals surface area contributed by atoms with E-state index in [1.165, 1.54) is 5.56 Å². The Bertz CT molecular complexity index is 368. The summed E-state index contributed by atoms with van der Waals surface area (Å²) in [5.41, 5.74) is 1.18. The van der Waals surface area contributed by atoms with Crippen molar-refractivity contribution in [3.8, 4) is 5.75 Å². The summed E-state index contributed by atoms with van der Waals surface area (Å²) in [7, 11) is 1.68. The van der Waals surface area contributed by atoms with Crippen LogP contribution in [-0.4, -0.2) is 39.6 Å². The minimum Gasteiger partial charge on any atom is -0.491 e. The highest BCUT2D eigenvalue weighted by Crippen LogP contribution is 2.20. The molecule has 1 atom stereocenters. The fourth-order valence-corrected chi connectivity index (χ4v) is 1.94. The molecule has 0 fully saturated rings. The van der Waals surface area contributed by atoms with E-state index in [2.05, 4.69) is 24.4 Å². The zero-order chi connectivity index (χ0) is 14.8. The van der Waals surface area contributed by atoms with Crippen LogP contribution in [0.15, 0.2) is 24.3 Å². The van der Waals surface area contributed by atoms with Crippen molar-refractivity contribution in [1.82, 2.24) is 5.32 Å². The molecule has 0 saturated heterocycles. The maximum Gasteiger partial charge on any atom is 0.120 e. The van der Waals surface area contributed by atoms with Crippen LogP contribution in [0, 0.1) is 0 Å². The molecule has 0 saturated carbocycles. The van der Waals surface area contributed by atoms with Gasteiger partial charge < -0.3 is 19.5 Å². The Kier molecular flexibility index (Phi) is 8.26. The molecule has 4 heteroatoms. The molecule has 1 N–H and O–H groups in total. The van der Waals surface area contributed by atoms with Gasteiger partial charge in [-0.1, -0.05) is 19.1 Å². The number of rotatable bonds is 10. The van der Waals surface area contributed by atoms with Crippen LogP contribution in [0.4, 0.5) is 0 Å². The average Bonchev–Trinajstić information content (AvgIpc) is 2.42. The third-order valence-electron chi connectivity index (χ3n) is 2.80. The van der Waals surface area contributed by atoms with Crippen molar-refractivity contribution in [2.24, 2.45) is 0 Å². The number of benzene rings is 1. The SMILES string of the molecule is CCNC(COCCOC)c1cccc(OC(C)C)c1. The van der Waals surface area contributed by atoms with E-state index in [1.807, 2.05) is 26.0 Å². The molecule has 1 unspecified atom stereocenters. The molecule has 0 spiro atoms. The van der Waals surface area contributed by atoms with E-state index in [0.717, 1.165) is 12.3 Å². The topological polar surface area (TPSA) is 39.7 Å². The van der Waals surface area contributed by atoms with Gasteiger partial charge in [-0.25, -0.2) is 0 Å². The van der Waals surface area contributed by atoms with Gasteiger partial charge in [-0.15, -0.1) is 0 Å². The maximum absolute atomic E-state index is 5.74. The Morgan fingerprint density at radius 3 is 2.65 bits per heavy atom. The van der Waals surface area contributed by atoms with Crippen LogP contribution in [0.2, 0.25) is 0 Å². The number of ether oxygens (including phenoxy) is 3. The van der Waals surface area contributed by atoms with Crippen molar-refractivity contribution in [2.75, 3.05) is 33.5 Å². The second-order valence-electron chi connectivity index (χ2n) is 4.92. The number of methoxy groups -OCH3 is 1. The number of hydrogen-bond acceptors (Lipinski definition) is 4. The smallest absolute Gasteiger partial charge is 0.120 e. The van der Waals surface area contributed by atoms with Crippen molar-refractivity contribution in [3.63, 3.8) is 0 Å². The van der Waals surface area contributed by atoms with Crippen LogP contribution in [0.5, 0.6) is 5.75 Å². The Morgan fingerprint density at radius 2 is 2.00 bits per heavy atom. The average molecular weight is 281 g/mol. The van der Waals surface area contributed by atoms with Crippen LogP contribution in [-0.2, 0) is 9.47 Å². The van der Waals surface area contributed by atoms with Crippen LogP contribution < -0.4 is 10.1 Å². The zero-order valence-corrected chi connectivity index (χ0v) is 13.0. The van der Waals surface area contributed by atoms with Crippen molar-refractivity contribution in [2.45, 2.75) is 32.9 Å². The third-order valence-corrected chi connectivity index (χ3v) is 2.80. The third kappa shape index (κ3) is 6.37. The van der Waals surface area contributed by atoms with Gasteiger partial charge in [-0.05, 0) is 38.1 Å². The van der Waals surface area contributed by atoms with Gasteiger partial charge in [0.25, 0.3) is 0 Å². The largest absolute Gasteiger partial charge is 0.491 e. The predicted molar refractivity (Wildman–Crippen MR) is 81.3 cm³/mol. The van der Waals surface area contributed by atoms with Crippen LogP contribution in [0.1, 0.15) is 32.4 Å². The van der Waals surface area contributed by atoms with Gasteiger partial charge in [0.05, 0.1) is 32.0 Å². The summed E-state index contributed by atoms with van der Waals surface area (Å²) in [6, 6.07) is 8.35. The summed E-state index contributed by atoms with van der Waals surface area (Å²) in [4.78, 5) is 0. The zero-order valence-electron chi connectivity index (χ0n) is 13.0. The molecule has 0 amide bonds. The van der Waals surface area contributed by atoms with E-state index in [-0.39, 0.29) is 12.1 Å². The molecule has 1 rings (SSSR count). The fraction of sp³-hybridized carbons (Fsp3) is 0.625. The molecular formula is C16H27NO3. The van der Waals surface area contributed by atoms with Gasteiger partial charge in [0.15, 0.2) is 0 Å². The molecule has 0 aliphatic carbocycles. The number of nitrogens with one attached hydrogen (secondary N) is 1. The second-order valence-corrected chi connectivity index (χ2v) is 4.92. The number of likely N-dealkylation sites (N-methyl/N-ethyl adjacent to an activating group) is 1. The standard InChI is InChI=1S/C16H27NO3/c1-5-17-16(12-19-10-9-18-4)14-7-6-8-15(11-14)20-13(2)3/h6-8,11,13,16-17H,5,9-10,12H2,1-4H3. The van der Waals surface area contributed by atoms with Gasteiger partial charge in [-0.3, -0.25) is 0 Å². The Labute approximate surface area is 122 Å². The van der Waals surface area contributed by atoms with E-state index in [4.69, 9.17) is 14.2 Å². The normalized spacial score (nSPS) is 12.7. The monoisotopic (exact) mass is 281 g/mol. The molecule has 0 radical (unpaired) electrons. The summed E-state index contributed by atoms with van der Waals surface area (Å²) in [6.07, 6.45) is 0.181. The van der Waals surface area contributed by atoms with Crippen molar-refractivity contribution >= 4 is 0 Å². The molecule has 0 aromatic heterocycles.